The second-order valence-corrected chi connectivity index (χ2v) is 5.33. The van der Waals surface area contributed by atoms with Gasteiger partial charge in [0.1, 0.15) is 4.90 Å². The molecule has 7 nitrogen and oxygen atoms in total. The van der Waals surface area contributed by atoms with E-state index >= 15 is 0 Å². The van der Waals surface area contributed by atoms with Crippen LogP contribution in [0.5, 0.6) is 0 Å². The Labute approximate surface area is 104 Å². The Kier molecular flexibility index (Phi) is 2.97. The molecule has 0 amide bonds. The molecule has 1 heterocycles. The number of nitrogen functional groups attached to an aromatic ring is 1. The van der Waals surface area contributed by atoms with Crippen molar-refractivity contribution in [3.05, 3.63) is 30.5 Å². The average molecular weight is 267 g/mol. The number of nitrogens with zero attached hydrogens (tertiary/aromatic N) is 2. The van der Waals surface area contributed by atoms with Gasteiger partial charge >= 0.3 is 0 Å². The second kappa shape index (κ2) is 4.31. The molecule has 8 heteroatoms. The van der Waals surface area contributed by atoms with E-state index in [2.05, 4.69) is 10.4 Å². The van der Waals surface area contributed by atoms with E-state index in [0.29, 0.717) is 17.2 Å². The van der Waals surface area contributed by atoms with Crippen molar-refractivity contribution < 1.29 is 8.42 Å². The summed E-state index contributed by atoms with van der Waals surface area (Å²) in [6.45, 7) is 0. The summed E-state index contributed by atoms with van der Waals surface area (Å²) in [5.74, 6) is 0.521. The van der Waals surface area contributed by atoms with Crippen molar-refractivity contribution >= 4 is 27.2 Å². The Bertz CT molecular complexity index is 677. The lowest BCUT2D eigenvalue weighted by molar-refractivity contribution is 0.598. The highest BCUT2D eigenvalue weighted by molar-refractivity contribution is 7.89. The summed E-state index contributed by atoms with van der Waals surface area (Å²) in [5, 5.41) is 12.1. The number of hydrogen-bond donors (Lipinski definition) is 3. The van der Waals surface area contributed by atoms with Crippen LogP contribution in [0.25, 0.3) is 0 Å². The van der Waals surface area contributed by atoms with E-state index < -0.39 is 10.0 Å². The molecule has 0 aliphatic carbocycles. The molecule has 0 atom stereocenters. The van der Waals surface area contributed by atoms with E-state index in [1.165, 1.54) is 6.07 Å². The topological polar surface area (TPSA) is 116 Å². The third kappa shape index (κ3) is 2.60. The summed E-state index contributed by atoms with van der Waals surface area (Å²) in [6, 6.07) is 6.15. The number of aryl methyl sites for hydroxylation is 1. The van der Waals surface area contributed by atoms with Crippen LogP contribution in [0.4, 0.5) is 17.2 Å². The highest BCUT2D eigenvalue weighted by atomic mass is 32.2. The fourth-order valence-corrected chi connectivity index (χ4v) is 2.22. The summed E-state index contributed by atoms with van der Waals surface area (Å²) >= 11 is 0. The van der Waals surface area contributed by atoms with E-state index in [9.17, 15) is 8.42 Å². The third-order valence-corrected chi connectivity index (χ3v) is 3.24. The zero-order chi connectivity index (χ0) is 13.3. The van der Waals surface area contributed by atoms with Crippen LogP contribution in [0.1, 0.15) is 0 Å². The molecule has 0 saturated carbocycles. The standard InChI is InChI=1S/C10H13N5O2S/c1-15-5-4-10(14-15)13-8-3-2-7(11)6-9(8)18(12,16)17/h2-6H,11H2,1H3,(H,13,14)(H2,12,16,17). The van der Waals surface area contributed by atoms with Crippen molar-refractivity contribution in [2.75, 3.05) is 11.1 Å². The minimum Gasteiger partial charge on any atom is -0.399 e. The van der Waals surface area contributed by atoms with E-state index in [1.54, 1.807) is 36.1 Å². The summed E-state index contributed by atoms with van der Waals surface area (Å²) in [7, 11) is -2.09. The first-order valence-corrected chi connectivity index (χ1v) is 6.60. The quantitative estimate of drug-likeness (QED) is 0.696. The Balaban J connectivity index is 2.45. The molecule has 0 saturated heterocycles. The van der Waals surface area contributed by atoms with Gasteiger partial charge in [0, 0.05) is 25.0 Å². The van der Waals surface area contributed by atoms with Crippen LogP contribution in [0, 0.1) is 0 Å². The Hall–Kier alpha value is -2.06. The lowest BCUT2D eigenvalue weighted by Gasteiger charge is -2.09. The minimum absolute atomic E-state index is 0.0619. The van der Waals surface area contributed by atoms with Gasteiger partial charge in [0.05, 0.1) is 5.69 Å². The van der Waals surface area contributed by atoms with Gasteiger partial charge in [-0.2, -0.15) is 5.10 Å². The van der Waals surface area contributed by atoms with Crippen LogP contribution >= 0.6 is 0 Å². The molecular weight excluding hydrogens is 254 g/mol. The number of hydrogen-bond acceptors (Lipinski definition) is 5. The summed E-state index contributed by atoms with van der Waals surface area (Å²) < 4.78 is 24.5. The molecule has 0 unspecified atom stereocenters. The van der Waals surface area contributed by atoms with Gasteiger partial charge in [-0.1, -0.05) is 0 Å². The van der Waals surface area contributed by atoms with Crippen molar-refractivity contribution in [2.45, 2.75) is 4.90 Å². The van der Waals surface area contributed by atoms with Gasteiger partial charge in [-0.3, -0.25) is 4.68 Å². The van der Waals surface area contributed by atoms with E-state index in [-0.39, 0.29) is 4.90 Å². The molecule has 0 spiro atoms. The molecule has 0 aliphatic heterocycles. The Morgan fingerprint density at radius 2 is 2.06 bits per heavy atom. The molecule has 0 radical (unpaired) electrons. The lowest BCUT2D eigenvalue weighted by Crippen LogP contribution is -2.14. The highest BCUT2D eigenvalue weighted by Gasteiger charge is 2.15. The first kappa shape index (κ1) is 12.4. The number of primary sulfonamides is 1. The normalized spacial score (nSPS) is 11.4. The maximum absolute atomic E-state index is 11.5. The van der Waals surface area contributed by atoms with Gasteiger partial charge in [-0.05, 0) is 18.2 Å². The van der Waals surface area contributed by atoms with Gasteiger partial charge in [0.15, 0.2) is 5.82 Å². The fourth-order valence-electron chi connectivity index (χ4n) is 1.50. The monoisotopic (exact) mass is 267 g/mol. The van der Waals surface area contributed by atoms with Gasteiger partial charge in [0.2, 0.25) is 10.0 Å². The van der Waals surface area contributed by atoms with Crippen LogP contribution in [0.15, 0.2) is 35.4 Å². The van der Waals surface area contributed by atoms with Gasteiger partial charge in [0.25, 0.3) is 0 Å². The van der Waals surface area contributed by atoms with E-state index in [1.807, 2.05) is 0 Å². The van der Waals surface area contributed by atoms with Crippen LogP contribution in [0.2, 0.25) is 0 Å². The van der Waals surface area contributed by atoms with Crippen molar-refractivity contribution in [1.29, 1.82) is 0 Å². The SMILES string of the molecule is Cn1ccc(Nc2ccc(N)cc2S(N)(=O)=O)n1. The smallest absolute Gasteiger partial charge is 0.240 e. The molecule has 0 aliphatic rings. The predicted octanol–water partition coefficient (Wildman–Crippen LogP) is 0.393. The number of anilines is 3. The second-order valence-electron chi connectivity index (χ2n) is 3.80. The maximum atomic E-state index is 11.5. The van der Waals surface area contributed by atoms with Gasteiger partial charge < -0.3 is 11.1 Å². The van der Waals surface area contributed by atoms with E-state index in [0.717, 1.165) is 0 Å². The van der Waals surface area contributed by atoms with E-state index in [4.69, 9.17) is 10.9 Å². The van der Waals surface area contributed by atoms with Gasteiger partial charge in [-0.15, -0.1) is 0 Å². The molecule has 1 aromatic carbocycles. The van der Waals surface area contributed by atoms with Crippen molar-refractivity contribution in [3.63, 3.8) is 0 Å². The molecule has 0 fully saturated rings. The first-order valence-electron chi connectivity index (χ1n) is 5.05. The summed E-state index contributed by atoms with van der Waals surface area (Å²) in [6.07, 6.45) is 1.73. The highest BCUT2D eigenvalue weighted by Crippen LogP contribution is 2.25. The zero-order valence-corrected chi connectivity index (χ0v) is 10.5. The molecule has 96 valence electrons. The van der Waals surface area contributed by atoms with Crippen molar-refractivity contribution in [1.82, 2.24) is 9.78 Å². The number of benzene rings is 1. The summed E-state index contributed by atoms with van der Waals surface area (Å²) in [4.78, 5) is -0.0619. The number of nitrogens with one attached hydrogen (secondary N) is 1. The van der Waals surface area contributed by atoms with Gasteiger partial charge in [-0.25, -0.2) is 13.6 Å². The van der Waals surface area contributed by atoms with Crippen LogP contribution in [0.3, 0.4) is 0 Å². The fraction of sp³-hybridized carbons (Fsp3) is 0.100. The molecule has 2 rings (SSSR count). The maximum Gasteiger partial charge on any atom is 0.240 e. The number of sulfonamides is 1. The zero-order valence-electron chi connectivity index (χ0n) is 9.66. The van der Waals surface area contributed by atoms with Crippen LogP contribution < -0.4 is 16.2 Å². The molecule has 2 aromatic rings. The summed E-state index contributed by atoms with van der Waals surface area (Å²) in [5.41, 5.74) is 6.22. The van der Waals surface area contributed by atoms with Crippen molar-refractivity contribution in [3.8, 4) is 0 Å². The molecular formula is C10H13N5O2S. The number of aromatic nitrogens is 2. The average Bonchev–Trinajstić information content (AvgIpc) is 2.65. The molecule has 5 N–H and O–H groups in total. The van der Waals surface area contributed by atoms with Crippen LogP contribution in [-0.2, 0) is 17.1 Å². The Morgan fingerprint density at radius 3 is 2.61 bits per heavy atom. The minimum atomic E-state index is -3.85. The number of rotatable bonds is 3. The van der Waals surface area contributed by atoms with Crippen molar-refractivity contribution in [2.24, 2.45) is 12.2 Å². The largest absolute Gasteiger partial charge is 0.399 e. The number of nitrogens with two attached hydrogens (primary N) is 2. The predicted molar refractivity (Wildman–Crippen MR) is 68.7 cm³/mol. The lowest BCUT2D eigenvalue weighted by atomic mass is 10.3. The molecule has 1 aromatic heterocycles. The third-order valence-electron chi connectivity index (χ3n) is 2.29. The van der Waals surface area contributed by atoms with Crippen LogP contribution in [-0.4, -0.2) is 18.2 Å². The first-order chi connectivity index (χ1) is 8.36. The molecule has 18 heavy (non-hydrogen) atoms. The molecule has 0 bridgehead atoms. The Morgan fingerprint density at radius 1 is 1.33 bits per heavy atom.